The maximum atomic E-state index is 9.37. The number of rotatable bonds is 10. The van der Waals surface area contributed by atoms with Crippen molar-refractivity contribution in [2.24, 2.45) is 0 Å². The summed E-state index contributed by atoms with van der Waals surface area (Å²) in [4.78, 5) is 7.38. The Morgan fingerprint density at radius 2 is 1.68 bits per heavy atom. The van der Waals surface area contributed by atoms with Gasteiger partial charge in [-0.3, -0.25) is 9.80 Å². The summed E-state index contributed by atoms with van der Waals surface area (Å²) in [6.07, 6.45) is 7.37. The van der Waals surface area contributed by atoms with Crippen molar-refractivity contribution >= 4 is 0 Å². The molecule has 148 valence electrons. The van der Waals surface area contributed by atoms with Crippen LogP contribution in [0.15, 0.2) is 0 Å². The molecule has 1 unspecified atom stereocenters. The largest absolute Gasteiger partial charge is 0.395 e. The minimum absolute atomic E-state index is 0.180. The zero-order valence-electron chi connectivity index (χ0n) is 16.4. The van der Waals surface area contributed by atoms with E-state index in [1.54, 1.807) is 0 Å². The van der Waals surface area contributed by atoms with E-state index in [9.17, 15) is 10.2 Å². The van der Waals surface area contributed by atoms with Crippen molar-refractivity contribution in [3.05, 3.63) is 0 Å². The van der Waals surface area contributed by atoms with Gasteiger partial charge in [0.25, 0.3) is 0 Å². The minimum atomic E-state index is 0.180. The third-order valence-corrected chi connectivity index (χ3v) is 5.94. The fourth-order valence-corrected chi connectivity index (χ4v) is 4.66. The first-order valence-corrected chi connectivity index (χ1v) is 10.2. The molecule has 0 aromatic rings. The van der Waals surface area contributed by atoms with Crippen LogP contribution in [0, 0.1) is 0 Å². The van der Waals surface area contributed by atoms with E-state index in [0.717, 1.165) is 38.6 Å². The molecule has 2 rings (SSSR count). The lowest BCUT2D eigenvalue weighted by Gasteiger charge is -2.47. The van der Waals surface area contributed by atoms with Crippen molar-refractivity contribution in [1.82, 2.24) is 20.0 Å². The zero-order valence-corrected chi connectivity index (χ0v) is 16.4. The van der Waals surface area contributed by atoms with Crippen molar-refractivity contribution in [2.45, 2.75) is 56.7 Å². The van der Waals surface area contributed by atoms with Gasteiger partial charge in [0.2, 0.25) is 0 Å². The van der Waals surface area contributed by atoms with Gasteiger partial charge >= 0.3 is 0 Å². The first-order valence-electron chi connectivity index (χ1n) is 10.2. The Bertz CT molecular complexity index is 344. The lowest BCUT2D eigenvalue weighted by atomic mass is 9.89. The van der Waals surface area contributed by atoms with Crippen molar-refractivity contribution < 1.29 is 10.2 Å². The predicted molar refractivity (Wildman–Crippen MR) is 103 cm³/mol. The zero-order chi connectivity index (χ0) is 18.1. The number of hydrogen-bond donors (Lipinski definition) is 3. The Kier molecular flexibility index (Phi) is 9.66. The SMILES string of the molecule is CN(C)CCC[C@@H]1CC(N(CCO)CCO)CCN1C1CCNCC1. The highest BCUT2D eigenvalue weighted by Crippen LogP contribution is 2.29. The molecule has 6 nitrogen and oxygen atoms in total. The molecule has 2 fully saturated rings. The number of nitrogens with one attached hydrogen (secondary N) is 1. The fraction of sp³-hybridized carbons (Fsp3) is 1.00. The molecule has 25 heavy (non-hydrogen) atoms. The summed E-state index contributed by atoms with van der Waals surface area (Å²) < 4.78 is 0. The summed E-state index contributed by atoms with van der Waals surface area (Å²) in [5.41, 5.74) is 0. The Morgan fingerprint density at radius 3 is 2.28 bits per heavy atom. The summed E-state index contributed by atoms with van der Waals surface area (Å²) in [6.45, 7) is 6.34. The molecule has 0 saturated carbocycles. The monoisotopic (exact) mass is 356 g/mol. The quantitative estimate of drug-likeness (QED) is 0.520. The molecule has 2 saturated heterocycles. The molecule has 0 bridgehead atoms. The molecular formula is C19H40N4O2. The molecule has 0 aliphatic carbocycles. The second-order valence-electron chi connectivity index (χ2n) is 7.98. The van der Waals surface area contributed by atoms with Crippen LogP contribution in [0.1, 0.15) is 38.5 Å². The standard InChI is InChI=1S/C19H40N4O2/c1-21(2)10-3-4-19-16-18(22(12-14-24)13-15-25)7-11-23(19)17-5-8-20-9-6-17/h17-20,24-25H,3-16H2,1-2H3/t18?,19-/m1/s1. The van der Waals surface area contributed by atoms with Gasteiger partial charge in [-0.1, -0.05) is 0 Å². The molecule has 2 aliphatic rings. The second kappa shape index (κ2) is 11.5. The van der Waals surface area contributed by atoms with Crippen molar-refractivity contribution in [3.63, 3.8) is 0 Å². The molecule has 0 spiro atoms. The highest BCUT2D eigenvalue weighted by atomic mass is 16.3. The van der Waals surface area contributed by atoms with E-state index in [1.807, 2.05) is 0 Å². The van der Waals surface area contributed by atoms with Gasteiger partial charge in [0.1, 0.15) is 0 Å². The van der Waals surface area contributed by atoms with E-state index in [0.29, 0.717) is 25.2 Å². The van der Waals surface area contributed by atoms with Gasteiger partial charge in [0.15, 0.2) is 0 Å². The van der Waals surface area contributed by atoms with E-state index >= 15 is 0 Å². The lowest BCUT2D eigenvalue weighted by Crippen LogP contribution is -2.56. The van der Waals surface area contributed by atoms with Gasteiger partial charge in [-0.2, -0.15) is 0 Å². The third-order valence-electron chi connectivity index (χ3n) is 5.94. The molecule has 0 aromatic heterocycles. The minimum Gasteiger partial charge on any atom is -0.395 e. The molecular weight excluding hydrogens is 316 g/mol. The summed E-state index contributed by atoms with van der Waals surface area (Å²) in [5, 5.41) is 22.2. The molecule has 0 radical (unpaired) electrons. The Balaban J connectivity index is 1.97. The predicted octanol–water partition coefficient (Wildman–Crippen LogP) is 0.200. The third kappa shape index (κ3) is 6.77. The van der Waals surface area contributed by atoms with E-state index in [2.05, 4.69) is 34.1 Å². The number of aliphatic hydroxyl groups excluding tert-OH is 2. The molecule has 0 aromatic carbocycles. The van der Waals surface area contributed by atoms with Gasteiger partial charge in [-0.15, -0.1) is 0 Å². The molecule has 2 atom stereocenters. The van der Waals surface area contributed by atoms with Crippen LogP contribution in [0.4, 0.5) is 0 Å². The number of likely N-dealkylation sites (tertiary alicyclic amines) is 1. The first-order chi connectivity index (χ1) is 12.2. The maximum Gasteiger partial charge on any atom is 0.0558 e. The van der Waals surface area contributed by atoms with Crippen LogP contribution in [-0.2, 0) is 0 Å². The van der Waals surface area contributed by atoms with Crippen molar-refractivity contribution in [1.29, 1.82) is 0 Å². The van der Waals surface area contributed by atoms with Gasteiger partial charge in [-0.25, -0.2) is 0 Å². The van der Waals surface area contributed by atoms with Gasteiger partial charge in [0, 0.05) is 37.8 Å². The van der Waals surface area contributed by atoms with Crippen LogP contribution in [0.2, 0.25) is 0 Å². The van der Waals surface area contributed by atoms with Gasteiger partial charge in [0.05, 0.1) is 13.2 Å². The van der Waals surface area contributed by atoms with Crippen molar-refractivity contribution in [3.8, 4) is 0 Å². The molecule has 2 heterocycles. The second-order valence-corrected chi connectivity index (χ2v) is 7.98. The van der Waals surface area contributed by atoms with E-state index < -0.39 is 0 Å². The van der Waals surface area contributed by atoms with E-state index in [1.165, 1.54) is 32.1 Å². The van der Waals surface area contributed by atoms with Crippen LogP contribution in [0.5, 0.6) is 0 Å². The average Bonchev–Trinajstić information content (AvgIpc) is 2.62. The first kappa shape index (κ1) is 21.1. The van der Waals surface area contributed by atoms with E-state index in [-0.39, 0.29) is 13.2 Å². The molecule has 2 aliphatic heterocycles. The number of piperidine rings is 2. The lowest BCUT2D eigenvalue weighted by molar-refractivity contribution is 0.0130. The Labute approximate surface area is 154 Å². The molecule has 3 N–H and O–H groups in total. The topological polar surface area (TPSA) is 62.2 Å². The average molecular weight is 357 g/mol. The van der Waals surface area contributed by atoms with Crippen LogP contribution >= 0.6 is 0 Å². The number of aliphatic hydroxyl groups is 2. The van der Waals surface area contributed by atoms with Gasteiger partial charge in [-0.05, 0) is 72.3 Å². The number of hydrogen-bond acceptors (Lipinski definition) is 6. The summed E-state index contributed by atoms with van der Waals surface area (Å²) in [5.74, 6) is 0. The highest BCUT2D eigenvalue weighted by molar-refractivity contribution is 4.91. The van der Waals surface area contributed by atoms with Gasteiger partial charge < -0.3 is 20.4 Å². The van der Waals surface area contributed by atoms with Crippen LogP contribution in [0.3, 0.4) is 0 Å². The normalized spacial score (nSPS) is 26.6. The Morgan fingerprint density at radius 1 is 1.00 bits per heavy atom. The summed E-state index contributed by atoms with van der Waals surface area (Å²) >= 11 is 0. The summed E-state index contributed by atoms with van der Waals surface area (Å²) in [6, 6.07) is 1.87. The number of nitrogens with zero attached hydrogens (tertiary/aromatic N) is 3. The smallest absolute Gasteiger partial charge is 0.0558 e. The van der Waals surface area contributed by atoms with Crippen LogP contribution in [0.25, 0.3) is 0 Å². The fourth-order valence-electron chi connectivity index (χ4n) is 4.66. The van der Waals surface area contributed by atoms with Crippen LogP contribution in [-0.4, -0.2) is 110 Å². The Hall–Kier alpha value is -0.240. The maximum absolute atomic E-state index is 9.37. The van der Waals surface area contributed by atoms with Crippen LogP contribution < -0.4 is 5.32 Å². The van der Waals surface area contributed by atoms with Crippen molar-refractivity contribution in [2.75, 3.05) is 66.6 Å². The molecule has 6 heteroatoms. The van der Waals surface area contributed by atoms with E-state index in [4.69, 9.17) is 0 Å². The molecule has 0 amide bonds. The summed E-state index contributed by atoms with van der Waals surface area (Å²) in [7, 11) is 4.30. The highest BCUT2D eigenvalue weighted by Gasteiger charge is 2.35.